The normalized spacial score (nSPS) is 11.1. The number of anilines is 1. The van der Waals surface area contributed by atoms with Gasteiger partial charge in [0.15, 0.2) is 5.96 Å². The van der Waals surface area contributed by atoms with E-state index in [1.165, 1.54) is 23.9 Å². The smallest absolute Gasteiger partial charge is 0.277 e. The highest BCUT2D eigenvalue weighted by Gasteiger charge is 2.14. The summed E-state index contributed by atoms with van der Waals surface area (Å²) in [6.07, 6.45) is 6.99. The van der Waals surface area contributed by atoms with Crippen molar-refractivity contribution in [1.82, 2.24) is 25.5 Å². The van der Waals surface area contributed by atoms with Crippen LogP contribution in [0.1, 0.15) is 11.4 Å². The Labute approximate surface area is 182 Å². The number of non-ortho nitro benzene ring substituents is 1. The lowest BCUT2D eigenvalue weighted by atomic mass is 10.2. The lowest BCUT2D eigenvalue weighted by molar-refractivity contribution is -0.384. The third-order valence-electron chi connectivity index (χ3n) is 3.89. The van der Waals surface area contributed by atoms with Gasteiger partial charge in [0.25, 0.3) is 10.9 Å². The largest absolute Gasteiger partial charge is 0.411 e. The first-order chi connectivity index (χ1) is 15.0. The van der Waals surface area contributed by atoms with E-state index in [0.29, 0.717) is 40.7 Å². The van der Waals surface area contributed by atoms with Crippen LogP contribution in [-0.2, 0) is 5.75 Å². The summed E-state index contributed by atoms with van der Waals surface area (Å²) < 4.78 is 5.66. The van der Waals surface area contributed by atoms with Crippen LogP contribution in [0.25, 0.3) is 11.5 Å². The van der Waals surface area contributed by atoms with Crippen molar-refractivity contribution in [2.45, 2.75) is 17.9 Å². The van der Waals surface area contributed by atoms with Crippen molar-refractivity contribution >= 4 is 29.2 Å². The fourth-order valence-corrected chi connectivity index (χ4v) is 3.11. The summed E-state index contributed by atoms with van der Waals surface area (Å²) in [6.45, 7) is 2.11. The number of nitro benzene ring substituents is 1. The standard InChI is InChI=1S/C19H18N8O3S/c1-4-9-21-18(20-3)24-16-14(10-22-12(2)23-16)11-31-19-26-25-17(30-19)13-5-7-15(8-6-13)27(28)29/h1,5-8,10H,9,11H2,2-3H3,(H2,20,21,22,23,24). The lowest BCUT2D eigenvalue weighted by Gasteiger charge is -2.12. The second kappa shape index (κ2) is 10.2. The van der Waals surface area contributed by atoms with Crippen LogP contribution < -0.4 is 10.6 Å². The number of nitro groups is 1. The molecule has 12 heteroatoms. The molecule has 0 spiro atoms. The number of thioether (sulfide) groups is 1. The Bertz CT molecular complexity index is 1140. The van der Waals surface area contributed by atoms with Gasteiger partial charge >= 0.3 is 0 Å². The van der Waals surface area contributed by atoms with Crippen molar-refractivity contribution in [1.29, 1.82) is 0 Å². The van der Waals surface area contributed by atoms with E-state index in [2.05, 4.69) is 41.7 Å². The third-order valence-corrected chi connectivity index (χ3v) is 4.75. The zero-order chi connectivity index (χ0) is 22.2. The first-order valence-corrected chi connectivity index (χ1v) is 9.93. The number of terminal acetylenes is 1. The molecule has 2 heterocycles. The van der Waals surface area contributed by atoms with E-state index in [4.69, 9.17) is 10.8 Å². The van der Waals surface area contributed by atoms with Crippen LogP contribution in [0, 0.1) is 29.4 Å². The van der Waals surface area contributed by atoms with Crippen molar-refractivity contribution in [3.8, 4) is 23.8 Å². The van der Waals surface area contributed by atoms with Gasteiger partial charge in [-0.2, -0.15) is 0 Å². The molecule has 0 atom stereocenters. The molecule has 3 rings (SSSR count). The van der Waals surface area contributed by atoms with Gasteiger partial charge in [-0.1, -0.05) is 17.7 Å². The summed E-state index contributed by atoms with van der Waals surface area (Å²) in [5, 5.41) is 25.2. The summed E-state index contributed by atoms with van der Waals surface area (Å²) in [6, 6.07) is 5.89. The molecule has 0 aliphatic carbocycles. The van der Waals surface area contributed by atoms with Crippen LogP contribution in [0.2, 0.25) is 0 Å². The molecule has 0 aliphatic rings. The number of guanidine groups is 1. The molecule has 158 valence electrons. The Morgan fingerprint density at radius 3 is 2.81 bits per heavy atom. The molecule has 2 aromatic heterocycles. The highest BCUT2D eigenvalue weighted by molar-refractivity contribution is 7.98. The number of rotatable bonds is 7. The lowest BCUT2D eigenvalue weighted by Crippen LogP contribution is -2.31. The number of hydrogen-bond acceptors (Lipinski definition) is 9. The van der Waals surface area contributed by atoms with Gasteiger partial charge in [-0.05, 0) is 19.1 Å². The zero-order valence-electron chi connectivity index (χ0n) is 16.7. The van der Waals surface area contributed by atoms with Gasteiger partial charge in [0, 0.05) is 42.3 Å². The SMILES string of the molecule is C#CCNC(=NC)Nc1nc(C)ncc1CSc1nnc(-c2ccc([N+](=O)[O-])cc2)o1. The predicted octanol–water partition coefficient (Wildman–Crippen LogP) is 2.66. The molecular weight excluding hydrogens is 420 g/mol. The predicted molar refractivity (Wildman–Crippen MR) is 117 cm³/mol. The molecule has 2 N–H and O–H groups in total. The Morgan fingerprint density at radius 2 is 2.13 bits per heavy atom. The number of aryl methyl sites for hydroxylation is 1. The number of benzene rings is 1. The Hall–Kier alpha value is -3.98. The summed E-state index contributed by atoms with van der Waals surface area (Å²) in [4.78, 5) is 23.1. The first-order valence-electron chi connectivity index (χ1n) is 8.95. The third kappa shape index (κ3) is 5.77. The van der Waals surface area contributed by atoms with Crippen molar-refractivity contribution < 1.29 is 9.34 Å². The fraction of sp³-hybridized carbons (Fsp3) is 0.211. The molecule has 0 saturated heterocycles. The monoisotopic (exact) mass is 438 g/mol. The maximum absolute atomic E-state index is 10.8. The molecule has 1 aromatic carbocycles. The van der Waals surface area contributed by atoms with Crippen molar-refractivity contribution in [2.75, 3.05) is 18.9 Å². The number of nitrogens with one attached hydrogen (secondary N) is 2. The van der Waals surface area contributed by atoms with Gasteiger partial charge in [-0.25, -0.2) is 9.97 Å². The van der Waals surface area contributed by atoms with Gasteiger partial charge in [0.05, 0.1) is 11.5 Å². The van der Waals surface area contributed by atoms with Gasteiger partial charge in [-0.15, -0.1) is 16.6 Å². The maximum Gasteiger partial charge on any atom is 0.277 e. The van der Waals surface area contributed by atoms with Crippen LogP contribution in [-0.4, -0.2) is 44.6 Å². The summed E-state index contributed by atoms with van der Waals surface area (Å²) >= 11 is 1.31. The molecule has 31 heavy (non-hydrogen) atoms. The molecule has 0 fully saturated rings. The minimum atomic E-state index is -0.467. The number of nitrogens with zero attached hydrogens (tertiary/aromatic N) is 6. The number of hydrogen-bond donors (Lipinski definition) is 2. The molecule has 0 aliphatic heterocycles. The molecule has 0 saturated carbocycles. The number of aromatic nitrogens is 4. The molecular formula is C19H18N8O3S. The number of aliphatic imine (C=N–C) groups is 1. The molecule has 0 bridgehead atoms. The topological polar surface area (TPSA) is 144 Å². The van der Waals surface area contributed by atoms with E-state index in [-0.39, 0.29) is 11.6 Å². The van der Waals surface area contributed by atoms with Crippen LogP contribution in [0.5, 0.6) is 0 Å². The van der Waals surface area contributed by atoms with Gasteiger partial charge in [0.2, 0.25) is 5.89 Å². The van der Waals surface area contributed by atoms with E-state index in [1.807, 2.05) is 0 Å². The highest BCUT2D eigenvalue weighted by atomic mass is 32.2. The average Bonchev–Trinajstić information content (AvgIpc) is 3.25. The molecule has 0 radical (unpaired) electrons. The van der Waals surface area contributed by atoms with Crippen molar-refractivity contribution in [3.05, 3.63) is 52.0 Å². The van der Waals surface area contributed by atoms with Crippen molar-refractivity contribution in [3.63, 3.8) is 0 Å². The Kier molecular flexibility index (Phi) is 7.13. The van der Waals surface area contributed by atoms with Crippen LogP contribution >= 0.6 is 11.8 Å². The Morgan fingerprint density at radius 1 is 1.35 bits per heavy atom. The Balaban J connectivity index is 1.70. The minimum absolute atomic E-state index is 0.0102. The summed E-state index contributed by atoms with van der Waals surface area (Å²) in [5.41, 5.74) is 1.38. The van der Waals surface area contributed by atoms with E-state index < -0.39 is 4.92 Å². The molecule has 0 unspecified atom stereocenters. The molecule has 3 aromatic rings. The second-order valence-electron chi connectivity index (χ2n) is 6.01. The average molecular weight is 438 g/mol. The molecule has 0 amide bonds. The van der Waals surface area contributed by atoms with Gasteiger partial charge in [0.1, 0.15) is 11.6 Å². The maximum atomic E-state index is 10.8. The van der Waals surface area contributed by atoms with Crippen LogP contribution in [0.4, 0.5) is 11.5 Å². The van der Waals surface area contributed by atoms with Crippen molar-refractivity contribution in [2.24, 2.45) is 4.99 Å². The summed E-state index contributed by atoms with van der Waals surface area (Å²) in [5.74, 6) is 4.88. The molecule has 11 nitrogen and oxygen atoms in total. The zero-order valence-corrected chi connectivity index (χ0v) is 17.5. The minimum Gasteiger partial charge on any atom is -0.411 e. The van der Waals surface area contributed by atoms with E-state index >= 15 is 0 Å². The first kappa shape index (κ1) is 21.7. The van der Waals surface area contributed by atoms with Gasteiger partial charge in [-0.3, -0.25) is 15.1 Å². The van der Waals surface area contributed by atoms with E-state index in [1.54, 1.807) is 32.3 Å². The quantitative estimate of drug-likeness (QED) is 0.141. The van der Waals surface area contributed by atoms with Gasteiger partial charge < -0.3 is 15.1 Å². The second-order valence-corrected chi connectivity index (χ2v) is 6.94. The van der Waals surface area contributed by atoms with E-state index in [0.717, 1.165) is 5.56 Å². The fourth-order valence-electron chi connectivity index (χ4n) is 2.38. The summed E-state index contributed by atoms with van der Waals surface area (Å²) in [7, 11) is 1.63. The van der Waals surface area contributed by atoms with E-state index in [9.17, 15) is 10.1 Å². The highest BCUT2D eigenvalue weighted by Crippen LogP contribution is 2.28. The van der Waals surface area contributed by atoms with Crippen LogP contribution in [0.3, 0.4) is 0 Å². The van der Waals surface area contributed by atoms with Crippen LogP contribution in [0.15, 0.2) is 45.1 Å².